The maximum atomic E-state index is 11.8. The molecule has 1 aromatic heterocycles. The summed E-state index contributed by atoms with van der Waals surface area (Å²) in [6, 6.07) is 4.03. The van der Waals surface area contributed by atoms with E-state index < -0.39 is 0 Å². The fourth-order valence-electron chi connectivity index (χ4n) is 2.17. The summed E-state index contributed by atoms with van der Waals surface area (Å²) in [5, 5.41) is 7.89. The van der Waals surface area contributed by atoms with Crippen molar-refractivity contribution < 1.29 is 9.32 Å². The number of nitrogens with one attached hydrogen (secondary N) is 1. The molecular formula is C15H20N2O2. The normalized spacial score (nSPS) is 11.2. The Morgan fingerprint density at radius 3 is 2.79 bits per heavy atom. The van der Waals surface area contributed by atoms with Crippen LogP contribution in [0.4, 0.5) is 0 Å². The maximum absolute atomic E-state index is 11.8. The Morgan fingerprint density at radius 1 is 1.37 bits per heavy atom. The van der Waals surface area contributed by atoms with Crippen molar-refractivity contribution in [2.24, 2.45) is 5.92 Å². The molecule has 0 atom stereocenters. The molecule has 4 nitrogen and oxygen atoms in total. The molecule has 1 heterocycles. The zero-order valence-corrected chi connectivity index (χ0v) is 11.9. The first-order chi connectivity index (χ1) is 8.97. The zero-order valence-electron chi connectivity index (χ0n) is 11.9. The van der Waals surface area contributed by atoms with E-state index in [-0.39, 0.29) is 12.3 Å². The lowest BCUT2D eigenvalue weighted by molar-refractivity contribution is -0.120. The highest BCUT2D eigenvalue weighted by Gasteiger charge is 2.14. The summed E-state index contributed by atoms with van der Waals surface area (Å²) in [6.45, 7) is 8.86. The Balaban J connectivity index is 2.20. The van der Waals surface area contributed by atoms with Crippen LogP contribution < -0.4 is 5.32 Å². The third-order valence-corrected chi connectivity index (χ3v) is 3.02. The van der Waals surface area contributed by atoms with Gasteiger partial charge in [0.2, 0.25) is 5.91 Å². The number of carbonyl (C=O) groups is 1. The van der Waals surface area contributed by atoms with Gasteiger partial charge in [-0.3, -0.25) is 4.79 Å². The molecule has 0 unspecified atom stereocenters. The third-order valence-electron chi connectivity index (χ3n) is 3.02. The van der Waals surface area contributed by atoms with Crippen LogP contribution in [0.5, 0.6) is 0 Å². The Hall–Kier alpha value is -1.84. The van der Waals surface area contributed by atoms with Crippen molar-refractivity contribution in [3.8, 4) is 0 Å². The Morgan fingerprint density at radius 2 is 2.11 bits per heavy atom. The van der Waals surface area contributed by atoms with Crippen LogP contribution in [-0.4, -0.2) is 17.6 Å². The van der Waals surface area contributed by atoms with Gasteiger partial charge in [0.15, 0.2) is 5.58 Å². The van der Waals surface area contributed by atoms with Crippen molar-refractivity contribution in [2.45, 2.75) is 34.1 Å². The summed E-state index contributed by atoms with van der Waals surface area (Å²) in [5.41, 5.74) is 3.71. The monoisotopic (exact) mass is 260 g/mol. The molecule has 19 heavy (non-hydrogen) atoms. The highest BCUT2D eigenvalue weighted by molar-refractivity contribution is 5.88. The molecule has 1 aromatic carbocycles. The second-order valence-electron chi connectivity index (χ2n) is 5.46. The van der Waals surface area contributed by atoms with E-state index in [1.807, 2.05) is 19.9 Å². The molecule has 0 aliphatic carbocycles. The van der Waals surface area contributed by atoms with Crippen LogP contribution in [0.15, 0.2) is 16.7 Å². The number of hydrogen-bond acceptors (Lipinski definition) is 3. The first kappa shape index (κ1) is 13.6. The second kappa shape index (κ2) is 5.43. The van der Waals surface area contributed by atoms with Gasteiger partial charge in [0, 0.05) is 11.9 Å². The molecule has 0 saturated heterocycles. The first-order valence-corrected chi connectivity index (χ1v) is 6.59. The SMILES string of the molecule is Cc1cc(C)c2c(CC(=O)NCC(C)C)noc2c1. The molecule has 0 aliphatic heterocycles. The van der Waals surface area contributed by atoms with Crippen LogP contribution in [0.2, 0.25) is 0 Å². The van der Waals surface area contributed by atoms with Crippen LogP contribution in [0.25, 0.3) is 11.0 Å². The van der Waals surface area contributed by atoms with Gasteiger partial charge in [-0.15, -0.1) is 0 Å². The largest absolute Gasteiger partial charge is 0.356 e. The lowest BCUT2D eigenvalue weighted by atomic mass is 10.0. The standard InChI is InChI=1S/C15H20N2O2/c1-9(2)8-16-14(18)7-12-15-11(4)5-10(3)6-13(15)19-17-12/h5-6,9H,7-8H2,1-4H3,(H,16,18). The molecule has 1 N–H and O–H groups in total. The van der Waals surface area contributed by atoms with Crippen LogP contribution in [0.1, 0.15) is 30.7 Å². The number of benzene rings is 1. The molecule has 102 valence electrons. The molecule has 0 aliphatic rings. The van der Waals surface area contributed by atoms with E-state index in [0.717, 1.165) is 22.1 Å². The van der Waals surface area contributed by atoms with E-state index in [0.29, 0.717) is 18.2 Å². The number of rotatable bonds is 4. The molecule has 0 saturated carbocycles. The van der Waals surface area contributed by atoms with Crippen molar-refractivity contribution in [3.63, 3.8) is 0 Å². The highest BCUT2D eigenvalue weighted by atomic mass is 16.5. The minimum absolute atomic E-state index is 0.0103. The minimum Gasteiger partial charge on any atom is -0.356 e. The van der Waals surface area contributed by atoms with Crippen LogP contribution in [-0.2, 0) is 11.2 Å². The van der Waals surface area contributed by atoms with E-state index in [9.17, 15) is 4.79 Å². The van der Waals surface area contributed by atoms with E-state index in [4.69, 9.17) is 4.52 Å². The van der Waals surface area contributed by atoms with E-state index in [1.165, 1.54) is 0 Å². The van der Waals surface area contributed by atoms with Gasteiger partial charge >= 0.3 is 0 Å². The summed E-state index contributed by atoms with van der Waals surface area (Å²) in [7, 11) is 0. The number of hydrogen-bond donors (Lipinski definition) is 1. The minimum atomic E-state index is -0.0103. The number of carbonyl (C=O) groups excluding carboxylic acids is 1. The van der Waals surface area contributed by atoms with Gasteiger partial charge in [-0.05, 0) is 37.0 Å². The third kappa shape index (κ3) is 3.13. The van der Waals surface area contributed by atoms with Gasteiger partial charge in [0.25, 0.3) is 0 Å². The highest BCUT2D eigenvalue weighted by Crippen LogP contribution is 2.24. The molecule has 0 radical (unpaired) electrons. The summed E-state index contributed by atoms with van der Waals surface area (Å²) in [4.78, 5) is 11.8. The van der Waals surface area contributed by atoms with Gasteiger partial charge < -0.3 is 9.84 Å². The van der Waals surface area contributed by atoms with Gasteiger partial charge in [-0.25, -0.2) is 0 Å². The fraction of sp³-hybridized carbons (Fsp3) is 0.467. The zero-order chi connectivity index (χ0) is 14.0. The van der Waals surface area contributed by atoms with Gasteiger partial charge in [-0.2, -0.15) is 0 Å². The van der Waals surface area contributed by atoms with Gasteiger partial charge in [0.1, 0.15) is 5.69 Å². The Bertz CT molecular complexity index is 599. The van der Waals surface area contributed by atoms with Crippen molar-refractivity contribution in [2.75, 3.05) is 6.54 Å². The lowest BCUT2D eigenvalue weighted by Gasteiger charge is -2.06. The smallest absolute Gasteiger partial charge is 0.226 e. The average Bonchev–Trinajstić information content (AvgIpc) is 2.69. The summed E-state index contributed by atoms with van der Waals surface area (Å²) < 4.78 is 5.31. The topological polar surface area (TPSA) is 55.1 Å². The number of aryl methyl sites for hydroxylation is 2. The first-order valence-electron chi connectivity index (χ1n) is 6.59. The van der Waals surface area contributed by atoms with Crippen LogP contribution in [0, 0.1) is 19.8 Å². The molecular weight excluding hydrogens is 240 g/mol. The Kier molecular flexibility index (Phi) is 3.88. The predicted molar refractivity (Wildman–Crippen MR) is 75.0 cm³/mol. The summed E-state index contributed by atoms with van der Waals surface area (Å²) >= 11 is 0. The van der Waals surface area contributed by atoms with E-state index >= 15 is 0 Å². The number of aromatic nitrogens is 1. The second-order valence-corrected chi connectivity index (χ2v) is 5.46. The molecule has 4 heteroatoms. The van der Waals surface area contributed by atoms with E-state index in [1.54, 1.807) is 0 Å². The Labute approximate surface area is 113 Å². The van der Waals surface area contributed by atoms with Crippen LogP contribution >= 0.6 is 0 Å². The molecule has 2 rings (SSSR count). The number of fused-ring (bicyclic) bond motifs is 1. The summed E-state index contributed by atoms with van der Waals surface area (Å²) in [6.07, 6.45) is 0.267. The van der Waals surface area contributed by atoms with Crippen molar-refractivity contribution in [3.05, 3.63) is 29.0 Å². The summed E-state index contributed by atoms with van der Waals surface area (Å²) in [5.74, 6) is 0.436. The van der Waals surface area contributed by atoms with Gasteiger partial charge in [0.05, 0.1) is 6.42 Å². The van der Waals surface area contributed by atoms with Gasteiger partial charge in [-0.1, -0.05) is 25.1 Å². The molecule has 1 amide bonds. The maximum Gasteiger partial charge on any atom is 0.226 e. The molecule has 0 spiro atoms. The molecule has 2 aromatic rings. The quantitative estimate of drug-likeness (QED) is 0.919. The van der Waals surface area contributed by atoms with E-state index in [2.05, 4.69) is 30.4 Å². The predicted octanol–water partition coefficient (Wildman–Crippen LogP) is 2.76. The fourth-order valence-corrected chi connectivity index (χ4v) is 2.17. The van der Waals surface area contributed by atoms with Crippen LogP contribution in [0.3, 0.4) is 0 Å². The number of nitrogens with zero attached hydrogens (tertiary/aromatic N) is 1. The lowest BCUT2D eigenvalue weighted by Crippen LogP contribution is -2.28. The van der Waals surface area contributed by atoms with Crippen molar-refractivity contribution in [1.82, 2.24) is 10.5 Å². The van der Waals surface area contributed by atoms with Crippen molar-refractivity contribution in [1.29, 1.82) is 0 Å². The average molecular weight is 260 g/mol. The molecule has 0 fully saturated rings. The van der Waals surface area contributed by atoms with Crippen molar-refractivity contribution >= 4 is 16.9 Å². The number of amides is 1. The molecule has 0 bridgehead atoms.